The standard InChI is InChI=1S/C14H14ClFN4/c15-12-10-11(16)2-3-13(12)19-6-8-20(9-7-19)14-17-4-1-5-18-14/h1-5,10H,6-9H2. The van der Waals surface area contributed by atoms with E-state index < -0.39 is 0 Å². The smallest absolute Gasteiger partial charge is 0.225 e. The molecule has 0 unspecified atom stereocenters. The molecular formula is C14H14ClFN4. The predicted molar refractivity (Wildman–Crippen MR) is 77.9 cm³/mol. The first-order valence-corrected chi connectivity index (χ1v) is 6.84. The quantitative estimate of drug-likeness (QED) is 0.852. The number of rotatable bonds is 2. The fraction of sp³-hybridized carbons (Fsp3) is 0.286. The molecule has 0 amide bonds. The monoisotopic (exact) mass is 292 g/mol. The average Bonchev–Trinajstić information content (AvgIpc) is 2.48. The molecule has 20 heavy (non-hydrogen) atoms. The molecule has 0 saturated carbocycles. The van der Waals surface area contributed by atoms with Crippen molar-refractivity contribution >= 4 is 23.2 Å². The summed E-state index contributed by atoms with van der Waals surface area (Å²) in [6.07, 6.45) is 3.48. The molecule has 4 nitrogen and oxygen atoms in total. The van der Waals surface area contributed by atoms with Gasteiger partial charge in [-0.3, -0.25) is 0 Å². The van der Waals surface area contributed by atoms with Crippen LogP contribution in [-0.4, -0.2) is 36.1 Å². The van der Waals surface area contributed by atoms with E-state index >= 15 is 0 Å². The Labute approximate surface area is 121 Å². The third kappa shape index (κ3) is 2.67. The number of benzene rings is 1. The summed E-state index contributed by atoms with van der Waals surface area (Å²) >= 11 is 6.10. The lowest BCUT2D eigenvalue weighted by molar-refractivity contribution is 0.623. The predicted octanol–water partition coefficient (Wildman–Crippen LogP) is 2.60. The van der Waals surface area contributed by atoms with Crippen LogP contribution in [0.2, 0.25) is 5.02 Å². The third-order valence-corrected chi connectivity index (χ3v) is 3.67. The van der Waals surface area contributed by atoms with Crippen LogP contribution in [0.3, 0.4) is 0 Å². The van der Waals surface area contributed by atoms with E-state index in [4.69, 9.17) is 11.6 Å². The number of aromatic nitrogens is 2. The van der Waals surface area contributed by atoms with Crippen molar-refractivity contribution in [2.45, 2.75) is 0 Å². The topological polar surface area (TPSA) is 32.3 Å². The van der Waals surface area contributed by atoms with Crippen LogP contribution in [0.1, 0.15) is 0 Å². The van der Waals surface area contributed by atoms with Gasteiger partial charge in [-0.15, -0.1) is 0 Å². The van der Waals surface area contributed by atoms with Crippen molar-refractivity contribution in [1.29, 1.82) is 0 Å². The number of piperazine rings is 1. The summed E-state index contributed by atoms with van der Waals surface area (Å²) in [5.74, 6) is 0.437. The highest BCUT2D eigenvalue weighted by molar-refractivity contribution is 6.33. The van der Waals surface area contributed by atoms with E-state index in [1.165, 1.54) is 12.1 Å². The maximum Gasteiger partial charge on any atom is 0.225 e. The molecule has 2 aromatic rings. The van der Waals surface area contributed by atoms with Crippen LogP contribution in [0.25, 0.3) is 0 Å². The van der Waals surface area contributed by atoms with Crippen LogP contribution >= 0.6 is 11.6 Å². The lowest BCUT2D eigenvalue weighted by atomic mass is 10.2. The molecule has 0 aliphatic carbocycles. The third-order valence-electron chi connectivity index (χ3n) is 3.37. The summed E-state index contributed by atoms with van der Waals surface area (Å²) in [7, 11) is 0. The van der Waals surface area contributed by atoms with Crippen molar-refractivity contribution < 1.29 is 4.39 Å². The van der Waals surface area contributed by atoms with E-state index in [1.807, 2.05) is 0 Å². The summed E-state index contributed by atoms with van der Waals surface area (Å²) in [4.78, 5) is 12.8. The summed E-state index contributed by atoms with van der Waals surface area (Å²) in [6, 6.07) is 6.32. The summed E-state index contributed by atoms with van der Waals surface area (Å²) in [6.45, 7) is 3.25. The maximum absolute atomic E-state index is 13.1. The fourth-order valence-corrected chi connectivity index (χ4v) is 2.63. The number of halogens is 2. The maximum atomic E-state index is 13.1. The lowest BCUT2D eigenvalue weighted by Crippen LogP contribution is -2.47. The molecule has 1 aromatic carbocycles. The fourth-order valence-electron chi connectivity index (χ4n) is 2.34. The first-order chi connectivity index (χ1) is 9.74. The highest BCUT2D eigenvalue weighted by Crippen LogP contribution is 2.27. The zero-order valence-corrected chi connectivity index (χ0v) is 11.6. The summed E-state index contributed by atoms with van der Waals surface area (Å²) in [5.41, 5.74) is 0.877. The van der Waals surface area contributed by atoms with Gasteiger partial charge in [0.2, 0.25) is 5.95 Å². The number of hydrogen-bond donors (Lipinski definition) is 0. The first kappa shape index (κ1) is 13.1. The molecule has 1 saturated heterocycles. The highest BCUT2D eigenvalue weighted by Gasteiger charge is 2.20. The van der Waals surface area contributed by atoms with Gasteiger partial charge >= 0.3 is 0 Å². The van der Waals surface area contributed by atoms with Gasteiger partial charge in [0, 0.05) is 38.6 Å². The minimum atomic E-state index is -0.310. The average molecular weight is 293 g/mol. The molecule has 0 spiro atoms. The first-order valence-electron chi connectivity index (χ1n) is 6.46. The van der Waals surface area contributed by atoms with Gasteiger partial charge < -0.3 is 9.80 Å². The molecule has 1 aromatic heterocycles. The van der Waals surface area contributed by atoms with Gasteiger partial charge in [0.05, 0.1) is 10.7 Å². The second-order valence-corrected chi connectivity index (χ2v) is 5.03. The molecule has 3 rings (SSSR count). The van der Waals surface area contributed by atoms with Crippen LogP contribution in [0, 0.1) is 5.82 Å². The molecule has 2 heterocycles. The molecule has 0 N–H and O–H groups in total. The number of hydrogen-bond acceptors (Lipinski definition) is 4. The SMILES string of the molecule is Fc1ccc(N2CCN(c3ncccn3)CC2)c(Cl)c1. The highest BCUT2D eigenvalue weighted by atomic mass is 35.5. The van der Waals surface area contributed by atoms with E-state index in [1.54, 1.807) is 24.5 Å². The Morgan fingerprint density at radius 2 is 1.65 bits per heavy atom. The van der Waals surface area contributed by atoms with Crippen LogP contribution in [-0.2, 0) is 0 Å². The van der Waals surface area contributed by atoms with E-state index in [9.17, 15) is 4.39 Å². The van der Waals surface area contributed by atoms with Crippen molar-refractivity contribution in [2.24, 2.45) is 0 Å². The van der Waals surface area contributed by atoms with Crippen molar-refractivity contribution in [3.05, 3.63) is 47.5 Å². The minimum absolute atomic E-state index is 0.310. The largest absolute Gasteiger partial charge is 0.367 e. The van der Waals surface area contributed by atoms with Crippen LogP contribution < -0.4 is 9.80 Å². The Morgan fingerprint density at radius 1 is 1.00 bits per heavy atom. The second kappa shape index (κ2) is 5.63. The zero-order chi connectivity index (χ0) is 13.9. The number of anilines is 2. The Hall–Kier alpha value is -1.88. The van der Waals surface area contributed by atoms with Crippen molar-refractivity contribution in [3.8, 4) is 0 Å². The molecule has 0 radical (unpaired) electrons. The Balaban J connectivity index is 1.69. The van der Waals surface area contributed by atoms with Crippen LogP contribution in [0.5, 0.6) is 0 Å². The minimum Gasteiger partial charge on any atom is -0.367 e. The van der Waals surface area contributed by atoms with Gasteiger partial charge in [-0.25, -0.2) is 14.4 Å². The molecule has 6 heteroatoms. The Kier molecular flexibility index (Phi) is 3.69. The zero-order valence-electron chi connectivity index (χ0n) is 10.8. The van der Waals surface area contributed by atoms with Gasteiger partial charge in [-0.2, -0.15) is 0 Å². The van der Waals surface area contributed by atoms with Gasteiger partial charge in [-0.1, -0.05) is 11.6 Å². The normalized spacial score (nSPS) is 15.5. The molecular weight excluding hydrogens is 279 g/mol. The van der Waals surface area contributed by atoms with E-state index in [2.05, 4.69) is 19.8 Å². The number of nitrogens with zero attached hydrogens (tertiary/aromatic N) is 4. The van der Waals surface area contributed by atoms with Gasteiger partial charge in [-0.05, 0) is 24.3 Å². The molecule has 1 aliphatic rings. The van der Waals surface area contributed by atoms with Crippen LogP contribution in [0.15, 0.2) is 36.7 Å². The van der Waals surface area contributed by atoms with E-state index in [0.717, 1.165) is 37.8 Å². The molecule has 1 aliphatic heterocycles. The molecule has 0 atom stereocenters. The van der Waals surface area contributed by atoms with Crippen molar-refractivity contribution in [2.75, 3.05) is 36.0 Å². The summed E-state index contributed by atoms with van der Waals surface area (Å²) in [5, 5.41) is 0.453. The lowest BCUT2D eigenvalue weighted by Gasteiger charge is -2.36. The van der Waals surface area contributed by atoms with E-state index in [0.29, 0.717) is 5.02 Å². The van der Waals surface area contributed by atoms with Crippen LogP contribution in [0.4, 0.5) is 16.0 Å². The molecule has 1 fully saturated rings. The van der Waals surface area contributed by atoms with Crippen molar-refractivity contribution in [1.82, 2.24) is 9.97 Å². The molecule has 104 valence electrons. The van der Waals surface area contributed by atoms with Gasteiger partial charge in [0.25, 0.3) is 0 Å². The molecule has 0 bridgehead atoms. The Morgan fingerprint density at radius 3 is 2.30 bits per heavy atom. The van der Waals surface area contributed by atoms with Gasteiger partial charge in [0.15, 0.2) is 0 Å². The van der Waals surface area contributed by atoms with Crippen molar-refractivity contribution in [3.63, 3.8) is 0 Å². The second-order valence-electron chi connectivity index (χ2n) is 4.62. The summed E-state index contributed by atoms with van der Waals surface area (Å²) < 4.78 is 13.1. The van der Waals surface area contributed by atoms with E-state index in [-0.39, 0.29) is 5.82 Å². The van der Waals surface area contributed by atoms with Gasteiger partial charge in [0.1, 0.15) is 5.82 Å². The Bertz CT molecular complexity index is 585.